The van der Waals surface area contributed by atoms with E-state index in [4.69, 9.17) is 9.84 Å². The van der Waals surface area contributed by atoms with Gasteiger partial charge in [0.15, 0.2) is 0 Å². The Morgan fingerprint density at radius 1 is 1.42 bits per heavy atom. The van der Waals surface area contributed by atoms with E-state index in [-0.39, 0.29) is 18.2 Å². The average molecular weight is 270 g/mol. The van der Waals surface area contributed by atoms with Gasteiger partial charge < -0.3 is 20.1 Å². The van der Waals surface area contributed by atoms with E-state index in [0.717, 1.165) is 19.3 Å². The Morgan fingerprint density at radius 2 is 2.16 bits per heavy atom. The number of carboxylic acid groups (broad SMARTS) is 1. The van der Waals surface area contributed by atoms with Crippen LogP contribution in [0.25, 0.3) is 0 Å². The van der Waals surface area contributed by atoms with E-state index in [1.807, 2.05) is 0 Å². The van der Waals surface area contributed by atoms with E-state index >= 15 is 0 Å². The van der Waals surface area contributed by atoms with Crippen molar-refractivity contribution in [2.45, 2.75) is 50.8 Å². The molecule has 1 aliphatic carbocycles. The highest BCUT2D eigenvalue weighted by Gasteiger charge is 2.43. The molecule has 6 nitrogen and oxygen atoms in total. The van der Waals surface area contributed by atoms with Gasteiger partial charge in [-0.15, -0.1) is 0 Å². The summed E-state index contributed by atoms with van der Waals surface area (Å²) in [4.78, 5) is 24.7. The normalized spacial score (nSPS) is 33.3. The third-order valence-electron chi connectivity index (χ3n) is 4.03. The number of amides is 2. The topological polar surface area (TPSA) is 78.9 Å². The molecule has 19 heavy (non-hydrogen) atoms. The van der Waals surface area contributed by atoms with Gasteiger partial charge in [-0.05, 0) is 18.8 Å². The molecule has 4 unspecified atom stereocenters. The minimum absolute atomic E-state index is 0.183. The molecule has 2 fully saturated rings. The first-order valence-electron chi connectivity index (χ1n) is 6.89. The number of aliphatic carboxylic acids is 1. The summed E-state index contributed by atoms with van der Waals surface area (Å²) in [6.45, 7) is 2.48. The van der Waals surface area contributed by atoms with Crippen LogP contribution in [0.1, 0.15) is 32.6 Å². The highest BCUT2D eigenvalue weighted by molar-refractivity contribution is 5.83. The number of ether oxygens (including phenoxy) is 1. The van der Waals surface area contributed by atoms with Crippen LogP contribution < -0.4 is 5.32 Å². The first kappa shape index (κ1) is 14.1. The number of hydrogen-bond donors (Lipinski definition) is 2. The van der Waals surface area contributed by atoms with E-state index < -0.39 is 12.0 Å². The molecular weight excluding hydrogens is 248 g/mol. The first-order valence-corrected chi connectivity index (χ1v) is 6.89. The van der Waals surface area contributed by atoms with E-state index in [2.05, 4.69) is 12.2 Å². The second-order valence-electron chi connectivity index (χ2n) is 5.44. The lowest BCUT2D eigenvalue weighted by Crippen LogP contribution is -2.47. The third-order valence-corrected chi connectivity index (χ3v) is 4.03. The quantitative estimate of drug-likeness (QED) is 0.783. The highest BCUT2D eigenvalue weighted by Crippen LogP contribution is 2.35. The van der Waals surface area contributed by atoms with Gasteiger partial charge in [0, 0.05) is 26.1 Å². The summed E-state index contributed by atoms with van der Waals surface area (Å²) in [6, 6.07) is -0.813. The van der Waals surface area contributed by atoms with Gasteiger partial charge in [-0.2, -0.15) is 0 Å². The molecule has 2 N–H and O–H groups in total. The zero-order valence-corrected chi connectivity index (χ0v) is 11.5. The maximum atomic E-state index is 12.1. The van der Waals surface area contributed by atoms with Crippen LogP contribution in [0, 0.1) is 5.92 Å². The summed E-state index contributed by atoms with van der Waals surface area (Å²) < 4.78 is 5.17. The molecule has 2 rings (SSSR count). The summed E-state index contributed by atoms with van der Waals surface area (Å²) in [5.41, 5.74) is 0. The number of carbonyl (C=O) groups excluding carboxylic acids is 1. The molecule has 4 atom stereocenters. The smallest absolute Gasteiger partial charge is 0.326 e. The van der Waals surface area contributed by atoms with Crippen molar-refractivity contribution in [3.8, 4) is 0 Å². The van der Waals surface area contributed by atoms with Crippen LogP contribution in [0.4, 0.5) is 4.79 Å². The van der Waals surface area contributed by atoms with Gasteiger partial charge in [-0.1, -0.05) is 13.3 Å². The Kier molecular flexibility index (Phi) is 4.29. The van der Waals surface area contributed by atoms with Crippen molar-refractivity contribution in [2.24, 2.45) is 5.92 Å². The molecule has 6 heteroatoms. The molecule has 1 saturated heterocycles. The Morgan fingerprint density at radius 3 is 2.74 bits per heavy atom. The monoisotopic (exact) mass is 270 g/mol. The molecule has 0 radical (unpaired) electrons. The SMILES string of the molecule is CCCC1CC1NC(=O)N1CC(OC)CC1C(=O)O. The van der Waals surface area contributed by atoms with Crippen molar-refractivity contribution in [1.82, 2.24) is 10.2 Å². The maximum Gasteiger partial charge on any atom is 0.326 e. The predicted octanol–water partition coefficient (Wildman–Crippen LogP) is 1.06. The lowest BCUT2D eigenvalue weighted by Gasteiger charge is -2.21. The molecule has 1 saturated carbocycles. The molecule has 2 aliphatic rings. The lowest BCUT2D eigenvalue weighted by atomic mass is 10.2. The average Bonchev–Trinajstić information content (AvgIpc) is 2.94. The largest absolute Gasteiger partial charge is 0.480 e. The van der Waals surface area contributed by atoms with Gasteiger partial charge in [0.05, 0.1) is 6.10 Å². The maximum absolute atomic E-state index is 12.1. The second-order valence-corrected chi connectivity index (χ2v) is 5.44. The Hall–Kier alpha value is -1.30. The highest BCUT2D eigenvalue weighted by atomic mass is 16.5. The van der Waals surface area contributed by atoms with Gasteiger partial charge in [0.25, 0.3) is 0 Å². The Labute approximate surface area is 113 Å². The second kappa shape index (κ2) is 5.77. The number of nitrogens with zero attached hydrogens (tertiary/aromatic N) is 1. The fourth-order valence-corrected chi connectivity index (χ4v) is 2.78. The van der Waals surface area contributed by atoms with E-state index in [1.54, 1.807) is 7.11 Å². The number of carboxylic acids is 1. The standard InChI is InChI=1S/C13H22N2O4/c1-3-4-8-5-10(8)14-13(18)15-7-9(19-2)6-11(15)12(16)17/h8-11H,3-7H2,1-2H3,(H,14,18)(H,16,17). The molecule has 1 aliphatic heterocycles. The molecule has 0 aromatic heterocycles. The van der Waals surface area contributed by atoms with Gasteiger partial charge in [-0.25, -0.2) is 9.59 Å². The number of hydrogen-bond acceptors (Lipinski definition) is 3. The van der Waals surface area contributed by atoms with Gasteiger partial charge >= 0.3 is 12.0 Å². The lowest BCUT2D eigenvalue weighted by molar-refractivity contribution is -0.141. The summed E-state index contributed by atoms with van der Waals surface area (Å²) in [5.74, 6) is -0.395. The molecular formula is C13H22N2O4. The van der Waals surface area contributed by atoms with Crippen LogP contribution in [0.15, 0.2) is 0 Å². The summed E-state index contributed by atoms with van der Waals surface area (Å²) in [5, 5.41) is 12.1. The predicted molar refractivity (Wildman–Crippen MR) is 68.9 cm³/mol. The number of likely N-dealkylation sites (tertiary alicyclic amines) is 1. The zero-order valence-electron chi connectivity index (χ0n) is 11.5. The van der Waals surface area contributed by atoms with Crippen LogP contribution >= 0.6 is 0 Å². The minimum atomic E-state index is -0.962. The number of rotatable bonds is 5. The van der Waals surface area contributed by atoms with Crippen molar-refractivity contribution >= 4 is 12.0 Å². The van der Waals surface area contributed by atoms with Gasteiger partial charge in [0.2, 0.25) is 0 Å². The minimum Gasteiger partial charge on any atom is -0.480 e. The van der Waals surface area contributed by atoms with Crippen molar-refractivity contribution in [1.29, 1.82) is 0 Å². The molecule has 0 spiro atoms. The van der Waals surface area contributed by atoms with Crippen LogP contribution in [0.5, 0.6) is 0 Å². The Bertz CT molecular complexity index is 361. The fourth-order valence-electron chi connectivity index (χ4n) is 2.78. The van der Waals surface area contributed by atoms with E-state index in [9.17, 15) is 9.59 Å². The number of methoxy groups -OCH3 is 1. The molecule has 1 heterocycles. The van der Waals surface area contributed by atoms with Crippen LogP contribution in [-0.4, -0.2) is 53.8 Å². The molecule has 0 aromatic rings. The van der Waals surface area contributed by atoms with Gasteiger partial charge in [-0.3, -0.25) is 0 Å². The fraction of sp³-hybridized carbons (Fsp3) is 0.846. The summed E-state index contributed by atoms with van der Waals surface area (Å²) >= 11 is 0. The third kappa shape index (κ3) is 3.18. The molecule has 108 valence electrons. The molecule has 0 aromatic carbocycles. The first-order chi connectivity index (χ1) is 9.06. The van der Waals surface area contributed by atoms with Crippen molar-refractivity contribution in [3.05, 3.63) is 0 Å². The van der Waals surface area contributed by atoms with E-state index in [1.165, 1.54) is 4.90 Å². The zero-order chi connectivity index (χ0) is 14.0. The van der Waals surface area contributed by atoms with Crippen LogP contribution in [-0.2, 0) is 9.53 Å². The van der Waals surface area contributed by atoms with Crippen molar-refractivity contribution in [2.75, 3.05) is 13.7 Å². The van der Waals surface area contributed by atoms with Crippen molar-refractivity contribution < 1.29 is 19.4 Å². The number of carbonyl (C=O) groups is 2. The van der Waals surface area contributed by atoms with Crippen LogP contribution in [0.2, 0.25) is 0 Å². The van der Waals surface area contributed by atoms with Crippen molar-refractivity contribution in [3.63, 3.8) is 0 Å². The molecule has 2 amide bonds. The molecule has 0 bridgehead atoms. The summed E-state index contributed by atoms with van der Waals surface area (Å²) in [6.07, 6.45) is 3.43. The number of urea groups is 1. The number of nitrogens with one attached hydrogen (secondary N) is 1. The van der Waals surface area contributed by atoms with Gasteiger partial charge in [0.1, 0.15) is 6.04 Å². The Balaban J connectivity index is 1.89. The summed E-state index contributed by atoms with van der Waals surface area (Å²) in [7, 11) is 1.54. The van der Waals surface area contributed by atoms with E-state index in [0.29, 0.717) is 18.9 Å². The van der Waals surface area contributed by atoms with Crippen LogP contribution in [0.3, 0.4) is 0 Å².